The van der Waals surface area contributed by atoms with Gasteiger partial charge in [0.1, 0.15) is 5.54 Å². The van der Waals surface area contributed by atoms with Crippen LogP contribution in [0.15, 0.2) is 47.4 Å². The molecule has 0 aromatic heterocycles. The Bertz CT molecular complexity index is 1180. The molecule has 0 N–H and O–H groups in total. The van der Waals surface area contributed by atoms with E-state index >= 15 is 0 Å². The number of hydrogen-bond acceptors (Lipinski definition) is 5. The van der Waals surface area contributed by atoms with Crippen LogP contribution >= 0.6 is 12.2 Å². The van der Waals surface area contributed by atoms with Crippen LogP contribution in [0.5, 0.6) is 0 Å². The SMILES string of the molecule is Cc1cc(N2C(=O)C3(CCC3)N(c3ccc(S(C)(=O)=O)cc3)C2=S)ccc1C#N. The zero-order valence-electron chi connectivity index (χ0n) is 16.0. The van der Waals surface area contributed by atoms with E-state index in [4.69, 9.17) is 12.2 Å². The van der Waals surface area contributed by atoms with Gasteiger partial charge in [-0.05, 0) is 86.4 Å². The predicted molar refractivity (Wildman–Crippen MR) is 115 cm³/mol. The molecule has 1 amide bonds. The second-order valence-electron chi connectivity index (χ2n) is 7.52. The van der Waals surface area contributed by atoms with Gasteiger partial charge >= 0.3 is 0 Å². The molecule has 2 aliphatic rings. The fraction of sp³-hybridized carbons (Fsp3) is 0.286. The molecule has 1 saturated carbocycles. The molecule has 0 radical (unpaired) electrons. The van der Waals surface area contributed by atoms with Crippen molar-refractivity contribution in [3.8, 4) is 6.07 Å². The van der Waals surface area contributed by atoms with Crippen LogP contribution in [0.1, 0.15) is 30.4 Å². The van der Waals surface area contributed by atoms with Gasteiger partial charge in [0.05, 0.1) is 22.2 Å². The molecular weight excluding hydrogens is 406 g/mol. The Morgan fingerprint density at radius 3 is 2.21 bits per heavy atom. The van der Waals surface area contributed by atoms with Gasteiger partial charge in [0.2, 0.25) is 0 Å². The number of hydrogen-bond donors (Lipinski definition) is 0. The molecule has 29 heavy (non-hydrogen) atoms. The molecule has 1 aliphatic heterocycles. The Morgan fingerprint density at radius 1 is 1.10 bits per heavy atom. The summed E-state index contributed by atoms with van der Waals surface area (Å²) in [6.45, 7) is 1.83. The smallest absolute Gasteiger partial charge is 0.259 e. The first-order chi connectivity index (χ1) is 13.7. The van der Waals surface area contributed by atoms with Crippen LogP contribution in [-0.2, 0) is 14.6 Å². The second-order valence-corrected chi connectivity index (χ2v) is 9.90. The van der Waals surface area contributed by atoms with Gasteiger partial charge in [0.15, 0.2) is 14.9 Å². The van der Waals surface area contributed by atoms with Crippen LogP contribution in [-0.4, -0.2) is 31.2 Å². The van der Waals surface area contributed by atoms with Gasteiger partial charge in [0.25, 0.3) is 5.91 Å². The first-order valence-corrected chi connectivity index (χ1v) is 11.5. The van der Waals surface area contributed by atoms with Crippen molar-refractivity contribution in [1.82, 2.24) is 0 Å². The number of benzene rings is 2. The summed E-state index contributed by atoms with van der Waals surface area (Å²) in [5, 5.41) is 9.54. The van der Waals surface area contributed by atoms with Gasteiger partial charge in [-0.3, -0.25) is 9.69 Å². The Kier molecular flexibility index (Phi) is 4.48. The standard InChI is InChI=1S/C21H19N3O3S2/c1-14-12-17(5-4-15(14)13-22)23-19(25)21(10-3-11-21)24(20(23)28)16-6-8-18(9-7-16)29(2,26)27/h4-9,12H,3,10-11H2,1-2H3. The van der Waals surface area contributed by atoms with E-state index in [1.165, 1.54) is 4.90 Å². The normalized spacial score (nSPS) is 18.1. The van der Waals surface area contributed by atoms with Crippen molar-refractivity contribution in [2.45, 2.75) is 36.6 Å². The Balaban J connectivity index is 1.78. The van der Waals surface area contributed by atoms with Crippen molar-refractivity contribution in [3.63, 3.8) is 0 Å². The lowest BCUT2D eigenvalue weighted by atomic mass is 9.75. The molecule has 2 fully saturated rings. The fourth-order valence-electron chi connectivity index (χ4n) is 3.96. The van der Waals surface area contributed by atoms with Gasteiger partial charge in [-0.2, -0.15) is 5.26 Å². The van der Waals surface area contributed by atoms with Crippen LogP contribution in [0, 0.1) is 18.3 Å². The first kappa shape index (κ1) is 19.6. The molecule has 1 spiro atoms. The average molecular weight is 426 g/mol. The second kappa shape index (κ2) is 6.65. The van der Waals surface area contributed by atoms with Crippen molar-refractivity contribution >= 4 is 44.4 Å². The summed E-state index contributed by atoms with van der Waals surface area (Å²) in [5.74, 6) is -0.0787. The highest BCUT2D eigenvalue weighted by Gasteiger charge is 2.59. The molecule has 2 aromatic carbocycles. The van der Waals surface area contributed by atoms with Gasteiger partial charge in [0, 0.05) is 11.9 Å². The Hall–Kier alpha value is -2.76. The van der Waals surface area contributed by atoms with Gasteiger partial charge in [-0.15, -0.1) is 0 Å². The van der Waals surface area contributed by atoms with E-state index in [-0.39, 0.29) is 10.8 Å². The molecule has 0 bridgehead atoms. The van der Waals surface area contributed by atoms with E-state index in [1.807, 2.05) is 11.8 Å². The molecule has 1 saturated heterocycles. The molecule has 4 rings (SSSR count). The van der Waals surface area contributed by atoms with E-state index in [2.05, 4.69) is 6.07 Å². The number of nitriles is 1. The maximum absolute atomic E-state index is 13.4. The van der Waals surface area contributed by atoms with E-state index < -0.39 is 15.4 Å². The number of aryl methyl sites for hydroxylation is 1. The number of amides is 1. The zero-order valence-corrected chi connectivity index (χ0v) is 17.7. The molecule has 0 atom stereocenters. The van der Waals surface area contributed by atoms with E-state index in [9.17, 15) is 18.5 Å². The topological polar surface area (TPSA) is 81.5 Å². The van der Waals surface area contributed by atoms with Gasteiger partial charge < -0.3 is 4.90 Å². The maximum Gasteiger partial charge on any atom is 0.259 e. The molecule has 1 heterocycles. The minimum absolute atomic E-state index is 0.0787. The summed E-state index contributed by atoms with van der Waals surface area (Å²) in [5.41, 5.74) is 1.93. The van der Waals surface area contributed by atoms with Crippen molar-refractivity contribution in [1.29, 1.82) is 5.26 Å². The van der Waals surface area contributed by atoms with Crippen molar-refractivity contribution in [2.75, 3.05) is 16.1 Å². The number of anilines is 2. The van der Waals surface area contributed by atoms with Crippen LogP contribution in [0.4, 0.5) is 11.4 Å². The number of carbonyl (C=O) groups excluding carboxylic acids is 1. The summed E-state index contributed by atoms with van der Waals surface area (Å²) >= 11 is 5.71. The predicted octanol–water partition coefficient (Wildman–Crippen LogP) is 3.33. The summed E-state index contributed by atoms with van der Waals surface area (Å²) in [7, 11) is -3.31. The number of nitrogens with zero attached hydrogens (tertiary/aromatic N) is 3. The molecule has 6 nitrogen and oxygen atoms in total. The minimum atomic E-state index is -3.31. The van der Waals surface area contributed by atoms with E-state index in [1.54, 1.807) is 42.5 Å². The number of sulfone groups is 1. The zero-order chi connectivity index (χ0) is 21.0. The van der Waals surface area contributed by atoms with Crippen LogP contribution < -0.4 is 9.80 Å². The van der Waals surface area contributed by atoms with Crippen LogP contribution in [0.3, 0.4) is 0 Å². The lowest BCUT2D eigenvalue weighted by Gasteiger charge is -2.43. The average Bonchev–Trinajstić information content (AvgIpc) is 2.88. The van der Waals surface area contributed by atoms with Crippen molar-refractivity contribution in [3.05, 3.63) is 53.6 Å². The monoisotopic (exact) mass is 425 g/mol. The van der Waals surface area contributed by atoms with Crippen molar-refractivity contribution in [2.24, 2.45) is 0 Å². The lowest BCUT2D eigenvalue weighted by molar-refractivity contribution is -0.123. The highest BCUT2D eigenvalue weighted by molar-refractivity contribution is 7.90. The number of carbonyl (C=O) groups is 1. The third kappa shape index (κ3) is 2.93. The Morgan fingerprint density at radius 2 is 1.72 bits per heavy atom. The van der Waals surface area contributed by atoms with E-state index in [0.29, 0.717) is 34.9 Å². The summed E-state index contributed by atoms with van der Waals surface area (Å²) in [4.78, 5) is 17.0. The van der Waals surface area contributed by atoms with Gasteiger partial charge in [-0.25, -0.2) is 8.42 Å². The molecule has 8 heteroatoms. The molecular formula is C21H19N3O3S2. The van der Waals surface area contributed by atoms with Gasteiger partial charge in [-0.1, -0.05) is 0 Å². The highest BCUT2D eigenvalue weighted by atomic mass is 32.2. The lowest BCUT2D eigenvalue weighted by Crippen LogP contribution is -2.55. The fourth-order valence-corrected chi connectivity index (χ4v) is 5.06. The number of rotatable bonds is 3. The van der Waals surface area contributed by atoms with Crippen LogP contribution in [0.2, 0.25) is 0 Å². The van der Waals surface area contributed by atoms with Crippen LogP contribution in [0.25, 0.3) is 0 Å². The molecule has 1 aliphatic carbocycles. The molecule has 0 unspecified atom stereocenters. The quantitative estimate of drug-likeness (QED) is 0.702. The largest absolute Gasteiger partial charge is 0.303 e. The first-order valence-electron chi connectivity index (χ1n) is 9.19. The maximum atomic E-state index is 13.4. The van der Waals surface area contributed by atoms with Crippen molar-refractivity contribution < 1.29 is 13.2 Å². The molecule has 2 aromatic rings. The highest BCUT2D eigenvalue weighted by Crippen LogP contribution is 2.47. The Labute approximate surface area is 175 Å². The molecule has 148 valence electrons. The summed E-state index contributed by atoms with van der Waals surface area (Å²) < 4.78 is 23.5. The minimum Gasteiger partial charge on any atom is -0.303 e. The number of thiocarbonyl (C=S) groups is 1. The summed E-state index contributed by atoms with van der Waals surface area (Å²) in [6, 6.07) is 13.8. The van der Waals surface area contributed by atoms with E-state index in [0.717, 1.165) is 18.2 Å². The summed E-state index contributed by atoms with van der Waals surface area (Å²) in [6.07, 6.45) is 3.46. The third-order valence-corrected chi connectivity index (χ3v) is 7.20. The third-order valence-electron chi connectivity index (χ3n) is 5.70.